The van der Waals surface area contributed by atoms with Crippen LogP contribution >= 0.6 is 23.4 Å². The Morgan fingerprint density at radius 2 is 2.75 bits per heavy atom. The molecule has 1 N–H and O–H groups in total. The van der Waals surface area contributed by atoms with E-state index in [1.165, 1.54) is 11.8 Å². The van der Waals surface area contributed by atoms with Crippen LogP contribution in [0.5, 0.6) is 0 Å². The highest BCUT2D eigenvalue weighted by Crippen LogP contribution is 2.11. The van der Waals surface area contributed by atoms with Crippen LogP contribution < -0.4 is 0 Å². The number of aromatic amines is 1. The Bertz CT molecular complexity index is 140. The summed E-state index contributed by atoms with van der Waals surface area (Å²) in [4.78, 5) is 6.83. The summed E-state index contributed by atoms with van der Waals surface area (Å²) < 4.78 is 0. The molecule has 0 aliphatic heterocycles. The predicted octanol–water partition coefficient (Wildman–Crippen LogP) is 1.70. The SMILES string of the molecule is ClCSc1ncc[nH]1. The van der Waals surface area contributed by atoms with Gasteiger partial charge in [0.25, 0.3) is 0 Å². The number of alkyl halides is 1. The van der Waals surface area contributed by atoms with Crippen LogP contribution in [0.1, 0.15) is 0 Å². The van der Waals surface area contributed by atoms with Crippen molar-refractivity contribution in [3.8, 4) is 0 Å². The van der Waals surface area contributed by atoms with E-state index in [4.69, 9.17) is 11.6 Å². The zero-order valence-corrected chi connectivity index (χ0v) is 5.67. The zero-order chi connectivity index (χ0) is 5.82. The molecule has 1 aromatic heterocycles. The molecule has 0 radical (unpaired) electrons. The van der Waals surface area contributed by atoms with Gasteiger partial charge in [0.1, 0.15) is 0 Å². The van der Waals surface area contributed by atoms with Crippen molar-refractivity contribution in [3.05, 3.63) is 12.4 Å². The van der Waals surface area contributed by atoms with E-state index in [0.29, 0.717) is 5.21 Å². The Labute approximate surface area is 56.7 Å². The van der Waals surface area contributed by atoms with Crippen LogP contribution in [-0.4, -0.2) is 15.2 Å². The molecule has 0 saturated heterocycles. The predicted molar refractivity (Wildman–Crippen MR) is 35.2 cm³/mol. The molecular weight excluding hydrogens is 144 g/mol. The summed E-state index contributed by atoms with van der Waals surface area (Å²) in [6.45, 7) is 0. The van der Waals surface area contributed by atoms with Gasteiger partial charge in [0.15, 0.2) is 5.16 Å². The molecule has 2 nitrogen and oxygen atoms in total. The van der Waals surface area contributed by atoms with Crippen LogP contribution in [0.25, 0.3) is 0 Å². The molecular formula is C4H5ClN2S. The maximum Gasteiger partial charge on any atom is 0.166 e. The normalized spacial score (nSPS) is 9.62. The number of H-pyrrole nitrogens is 1. The second kappa shape index (κ2) is 2.99. The average Bonchev–Trinajstić information content (AvgIpc) is 2.19. The van der Waals surface area contributed by atoms with Gasteiger partial charge in [-0.05, 0) is 0 Å². The van der Waals surface area contributed by atoms with Crippen LogP contribution in [0, 0.1) is 0 Å². The highest BCUT2D eigenvalue weighted by molar-refractivity contribution is 8.00. The number of imidazole rings is 1. The van der Waals surface area contributed by atoms with Gasteiger partial charge in [-0.2, -0.15) is 0 Å². The lowest BCUT2D eigenvalue weighted by molar-refractivity contribution is 1.06. The van der Waals surface area contributed by atoms with Gasteiger partial charge in [0, 0.05) is 12.4 Å². The summed E-state index contributed by atoms with van der Waals surface area (Å²) in [6, 6.07) is 0. The molecule has 0 spiro atoms. The summed E-state index contributed by atoms with van der Waals surface area (Å²) in [7, 11) is 0. The van der Waals surface area contributed by atoms with Crippen molar-refractivity contribution in [1.82, 2.24) is 9.97 Å². The molecule has 0 unspecified atom stereocenters. The number of halogens is 1. The summed E-state index contributed by atoms with van der Waals surface area (Å²) in [5, 5.41) is 1.42. The molecule has 0 aliphatic rings. The number of thioether (sulfide) groups is 1. The van der Waals surface area contributed by atoms with E-state index in [1.807, 2.05) is 0 Å². The highest BCUT2D eigenvalue weighted by atomic mass is 35.5. The number of nitrogens with zero attached hydrogens (tertiary/aromatic N) is 1. The molecule has 44 valence electrons. The van der Waals surface area contributed by atoms with E-state index in [0.717, 1.165) is 5.16 Å². The van der Waals surface area contributed by atoms with E-state index in [2.05, 4.69) is 9.97 Å². The topological polar surface area (TPSA) is 28.7 Å². The van der Waals surface area contributed by atoms with E-state index in [1.54, 1.807) is 12.4 Å². The maximum atomic E-state index is 5.40. The largest absolute Gasteiger partial charge is 0.340 e. The van der Waals surface area contributed by atoms with E-state index in [9.17, 15) is 0 Å². The number of hydrogen-bond acceptors (Lipinski definition) is 2. The lowest BCUT2D eigenvalue weighted by Crippen LogP contribution is -1.70. The van der Waals surface area contributed by atoms with Crippen molar-refractivity contribution in [1.29, 1.82) is 0 Å². The molecule has 4 heteroatoms. The summed E-state index contributed by atoms with van der Waals surface area (Å²) in [6.07, 6.45) is 3.48. The average molecular weight is 149 g/mol. The van der Waals surface area contributed by atoms with Crippen molar-refractivity contribution in [2.24, 2.45) is 0 Å². The third kappa shape index (κ3) is 1.42. The molecule has 0 bridgehead atoms. The highest BCUT2D eigenvalue weighted by Gasteiger charge is 1.89. The van der Waals surface area contributed by atoms with E-state index >= 15 is 0 Å². The third-order valence-corrected chi connectivity index (χ3v) is 1.60. The fourth-order valence-corrected chi connectivity index (χ4v) is 1.08. The first-order valence-corrected chi connectivity index (χ1v) is 3.63. The van der Waals surface area contributed by atoms with E-state index in [-0.39, 0.29) is 0 Å². The molecule has 0 fully saturated rings. The summed E-state index contributed by atoms with van der Waals surface area (Å²) >= 11 is 6.88. The quantitative estimate of drug-likeness (QED) is 0.511. The molecule has 1 aromatic rings. The maximum absolute atomic E-state index is 5.40. The molecule has 0 amide bonds. The Morgan fingerprint density at radius 3 is 3.25 bits per heavy atom. The van der Waals surface area contributed by atoms with Gasteiger partial charge < -0.3 is 4.98 Å². The van der Waals surface area contributed by atoms with Gasteiger partial charge in [-0.1, -0.05) is 11.8 Å². The summed E-state index contributed by atoms with van der Waals surface area (Å²) in [5.74, 6) is 0. The van der Waals surface area contributed by atoms with Gasteiger partial charge in [-0.15, -0.1) is 11.6 Å². The minimum atomic E-state index is 0.549. The second-order valence-electron chi connectivity index (χ2n) is 1.15. The molecule has 1 heterocycles. The molecule has 0 saturated carbocycles. The first-order chi connectivity index (χ1) is 3.93. The van der Waals surface area contributed by atoms with Gasteiger partial charge in [0.2, 0.25) is 0 Å². The number of hydrogen-bond donors (Lipinski definition) is 1. The van der Waals surface area contributed by atoms with Gasteiger partial charge in [-0.3, -0.25) is 0 Å². The lowest BCUT2D eigenvalue weighted by Gasteiger charge is -1.84. The van der Waals surface area contributed by atoms with Crippen molar-refractivity contribution in [2.45, 2.75) is 5.16 Å². The van der Waals surface area contributed by atoms with Crippen molar-refractivity contribution < 1.29 is 0 Å². The Hall–Kier alpha value is -0.150. The molecule has 0 atom stereocenters. The number of aromatic nitrogens is 2. The van der Waals surface area contributed by atoms with Crippen LogP contribution in [0.2, 0.25) is 0 Å². The van der Waals surface area contributed by atoms with Gasteiger partial charge in [-0.25, -0.2) is 4.98 Å². The molecule has 1 rings (SSSR count). The first kappa shape index (κ1) is 5.98. The van der Waals surface area contributed by atoms with Crippen LogP contribution in [-0.2, 0) is 0 Å². The second-order valence-corrected chi connectivity index (χ2v) is 2.70. The van der Waals surface area contributed by atoms with Crippen molar-refractivity contribution in [3.63, 3.8) is 0 Å². The smallest absolute Gasteiger partial charge is 0.166 e. The number of rotatable bonds is 2. The van der Waals surface area contributed by atoms with Crippen LogP contribution in [0.4, 0.5) is 0 Å². The zero-order valence-electron chi connectivity index (χ0n) is 4.10. The Balaban J connectivity index is 2.50. The first-order valence-electron chi connectivity index (χ1n) is 2.11. The monoisotopic (exact) mass is 148 g/mol. The lowest BCUT2D eigenvalue weighted by atomic mass is 11.0. The summed E-state index contributed by atoms with van der Waals surface area (Å²) in [5.41, 5.74) is 0. The Kier molecular flexibility index (Phi) is 2.24. The molecule has 8 heavy (non-hydrogen) atoms. The van der Waals surface area contributed by atoms with Crippen LogP contribution in [0.15, 0.2) is 17.6 Å². The van der Waals surface area contributed by atoms with Gasteiger partial charge >= 0.3 is 0 Å². The molecule has 0 aromatic carbocycles. The minimum absolute atomic E-state index is 0.549. The van der Waals surface area contributed by atoms with E-state index < -0.39 is 0 Å². The van der Waals surface area contributed by atoms with Crippen molar-refractivity contribution in [2.75, 3.05) is 5.21 Å². The Morgan fingerprint density at radius 1 is 1.88 bits per heavy atom. The third-order valence-electron chi connectivity index (χ3n) is 0.664. The van der Waals surface area contributed by atoms with Crippen molar-refractivity contribution >= 4 is 23.4 Å². The molecule has 0 aliphatic carbocycles. The number of nitrogens with one attached hydrogen (secondary N) is 1. The van der Waals surface area contributed by atoms with Gasteiger partial charge in [0.05, 0.1) is 5.21 Å². The van der Waals surface area contributed by atoms with Crippen LogP contribution in [0.3, 0.4) is 0 Å². The standard InChI is InChI=1S/C4H5ClN2S/c5-3-8-4-6-1-2-7-4/h1-2H,3H2,(H,6,7). The minimum Gasteiger partial charge on any atom is -0.340 e. The fourth-order valence-electron chi connectivity index (χ4n) is 0.381. The fraction of sp³-hybridized carbons (Fsp3) is 0.250.